The molecule has 0 amide bonds. The van der Waals surface area contributed by atoms with Crippen LogP contribution < -0.4 is 15.4 Å². The minimum absolute atomic E-state index is 0.202. The molecule has 0 aliphatic heterocycles. The largest absolute Gasteiger partial charge is 0.457 e. The molecule has 0 aliphatic carbocycles. The fourth-order valence-corrected chi connectivity index (χ4v) is 3.42. The molecule has 0 aliphatic rings. The molecule has 152 valence electrons. The highest BCUT2D eigenvalue weighted by molar-refractivity contribution is 7.66. The minimum atomic E-state index is -0.202. The van der Waals surface area contributed by atoms with Crippen molar-refractivity contribution in [3.05, 3.63) is 53.6 Å². The number of anilines is 1. The molecule has 0 heterocycles. The highest BCUT2D eigenvalue weighted by atomic mass is 32.1. The number of hydrogen-bond acceptors (Lipinski definition) is 2. The number of rotatable bonds is 5. The molecule has 5 heteroatoms. The summed E-state index contributed by atoms with van der Waals surface area (Å²) in [5.74, 6) is 2.16. The fraction of sp³-hybridized carbons (Fsp3) is 0.435. The number of benzene rings is 2. The first-order valence-corrected chi connectivity index (χ1v) is 10.5. The van der Waals surface area contributed by atoms with E-state index in [9.17, 15) is 4.21 Å². The Hall–Kier alpha value is -2.11. The zero-order valence-corrected chi connectivity index (χ0v) is 18.7. The molecule has 28 heavy (non-hydrogen) atoms. The third-order valence-corrected chi connectivity index (χ3v) is 4.58. The van der Waals surface area contributed by atoms with Crippen molar-refractivity contribution in [3.8, 4) is 11.5 Å². The smallest absolute Gasteiger partial charge is 0.180 e. The van der Waals surface area contributed by atoms with Crippen LogP contribution in [0.15, 0.2) is 42.5 Å². The van der Waals surface area contributed by atoms with Crippen molar-refractivity contribution in [2.45, 2.75) is 65.8 Å². The molecule has 0 atom stereocenters. The SMILES string of the molecule is CC(C)c1cc(Oc2ccccc2)cc(C(C)C)c1NC(NC(C)(C)C)=S=O. The number of ether oxygens (including phenoxy) is 1. The normalized spacial score (nSPS) is 11.6. The van der Waals surface area contributed by atoms with Gasteiger partial charge in [0.15, 0.2) is 5.11 Å². The molecule has 0 radical (unpaired) electrons. The Morgan fingerprint density at radius 2 is 1.46 bits per heavy atom. The van der Waals surface area contributed by atoms with E-state index in [1.54, 1.807) is 0 Å². The Morgan fingerprint density at radius 1 is 0.929 bits per heavy atom. The molecule has 0 bridgehead atoms. The monoisotopic (exact) mass is 400 g/mol. The van der Waals surface area contributed by atoms with Crippen LogP contribution in [0.3, 0.4) is 0 Å². The molecule has 0 unspecified atom stereocenters. The van der Waals surface area contributed by atoms with E-state index in [1.807, 2.05) is 51.1 Å². The lowest BCUT2D eigenvalue weighted by Gasteiger charge is -2.26. The predicted octanol–water partition coefficient (Wildman–Crippen LogP) is 5.83. The van der Waals surface area contributed by atoms with E-state index in [2.05, 4.69) is 50.5 Å². The van der Waals surface area contributed by atoms with E-state index in [0.717, 1.165) is 28.3 Å². The van der Waals surface area contributed by atoms with Gasteiger partial charge in [0, 0.05) is 11.2 Å². The summed E-state index contributed by atoms with van der Waals surface area (Å²) in [5, 5.41) is 7.15. The van der Waals surface area contributed by atoms with Crippen LogP contribution in [-0.2, 0) is 11.3 Å². The van der Waals surface area contributed by atoms with Gasteiger partial charge < -0.3 is 10.1 Å². The van der Waals surface area contributed by atoms with Crippen LogP contribution in [-0.4, -0.2) is 14.9 Å². The summed E-state index contributed by atoms with van der Waals surface area (Å²) in [6.07, 6.45) is 0. The van der Waals surface area contributed by atoms with Gasteiger partial charge in [0.1, 0.15) is 22.8 Å². The van der Waals surface area contributed by atoms with Crippen LogP contribution in [0.25, 0.3) is 0 Å². The van der Waals surface area contributed by atoms with E-state index in [-0.39, 0.29) is 17.4 Å². The van der Waals surface area contributed by atoms with Gasteiger partial charge in [0.25, 0.3) is 0 Å². The predicted molar refractivity (Wildman–Crippen MR) is 121 cm³/mol. The zero-order valence-electron chi connectivity index (χ0n) is 17.9. The van der Waals surface area contributed by atoms with Crippen LogP contribution in [0.2, 0.25) is 0 Å². The first-order chi connectivity index (χ1) is 13.1. The van der Waals surface area contributed by atoms with Gasteiger partial charge in [0.2, 0.25) is 0 Å². The topological polar surface area (TPSA) is 50.4 Å². The van der Waals surface area contributed by atoms with E-state index in [1.165, 1.54) is 0 Å². The molecule has 2 aromatic carbocycles. The van der Waals surface area contributed by atoms with Crippen LogP contribution in [0.5, 0.6) is 11.5 Å². The van der Waals surface area contributed by atoms with Gasteiger partial charge in [-0.25, -0.2) is 4.21 Å². The van der Waals surface area contributed by atoms with Gasteiger partial charge in [-0.15, -0.1) is 0 Å². The Kier molecular flexibility index (Phi) is 7.44. The lowest BCUT2D eigenvalue weighted by Crippen LogP contribution is -2.44. The molecule has 4 nitrogen and oxygen atoms in total. The van der Waals surface area contributed by atoms with Crippen molar-refractivity contribution in [1.29, 1.82) is 0 Å². The Balaban J connectivity index is 2.50. The molecular formula is C23H32N2O2S. The van der Waals surface area contributed by atoms with Crippen molar-refractivity contribution in [1.82, 2.24) is 5.32 Å². The van der Waals surface area contributed by atoms with Crippen molar-refractivity contribution >= 4 is 22.1 Å². The molecule has 0 saturated carbocycles. The van der Waals surface area contributed by atoms with Gasteiger partial charge in [-0.05, 0) is 68.0 Å². The average Bonchev–Trinajstić information content (AvgIpc) is 2.61. The summed E-state index contributed by atoms with van der Waals surface area (Å²) in [7, 11) is 0. The average molecular weight is 401 g/mol. The molecule has 0 fully saturated rings. The minimum Gasteiger partial charge on any atom is -0.457 e. The Bertz CT molecular complexity index is 820. The second-order valence-electron chi connectivity index (χ2n) is 8.61. The summed E-state index contributed by atoms with van der Waals surface area (Å²) in [4.78, 5) is 0. The van der Waals surface area contributed by atoms with Crippen molar-refractivity contribution in [2.75, 3.05) is 5.32 Å². The first-order valence-electron chi connectivity index (χ1n) is 9.73. The van der Waals surface area contributed by atoms with Gasteiger partial charge in [-0.1, -0.05) is 45.9 Å². The quantitative estimate of drug-likeness (QED) is 0.620. The highest BCUT2D eigenvalue weighted by Crippen LogP contribution is 2.37. The summed E-state index contributed by atoms with van der Waals surface area (Å²) in [5.41, 5.74) is 3.03. The highest BCUT2D eigenvalue weighted by Gasteiger charge is 2.20. The Labute approximate surface area is 172 Å². The van der Waals surface area contributed by atoms with E-state index < -0.39 is 0 Å². The van der Waals surface area contributed by atoms with E-state index >= 15 is 0 Å². The van der Waals surface area contributed by atoms with E-state index in [0.29, 0.717) is 16.4 Å². The maximum absolute atomic E-state index is 11.7. The van der Waals surface area contributed by atoms with Gasteiger partial charge in [0.05, 0.1) is 0 Å². The Morgan fingerprint density at radius 3 is 1.89 bits per heavy atom. The molecule has 0 saturated heterocycles. The van der Waals surface area contributed by atoms with Crippen LogP contribution in [0.1, 0.15) is 71.4 Å². The van der Waals surface area contributed by atoms with Gasteiger partial charge in [-0.2, -0.15) is 0 Å². The fourth-order valence-electron chi connectivity index (χ4n) is 2.92. The van der Waals surface area contributed by atoms with Gasteiger partial charge >= 0.3 is 0 Å². The molecule has 2 N–H and O–H groups in total. The van der Waals surface area contributed by atoms with Crippen LogP contribution in [0, 0.1) is 0 Å². The molecule has 2 aromatic rings. The second-order valence-corrected chi connectivity index (χ2v) is 9.19. The standard InChI is InChI=1S/C23H32N2O2S/c1-15(2)19-13-18(27-17-11-9-8-10-12-17)14-20(16(3)4)21(19)24-22(28-26)25-23(5,6)7/h8-16,24-25H,1-7H3. The maximum Gasteiger partial charge on any atom is 0.180 e. The lowest BCUT2D eigenvalue weighted by atomic mass is 9.92. The lowest BCUT2D eigenvalue weighted by molar-refractivity contribution is 0.480. The summed E-state index contributed by atoms with van der Waals surface area (Å²) < 4.78 is 17.8. The van der Waals surface area contributed by atoms with Crippen molar-refractivity contribution < 1.29 is 8.95 Å². The molecular weight excluding hydrogens is 368 g/mol. The molecule has 0 aromatic heterocycles. The van der Waals surface area contributed by atoms with Crippen LogP contribution >= 0.6 is 0 Å². The molecule has 0 spiro atoms. The van der Waals surface area contributed by atoms with Crippen molar-refractivity contribution in [3.63, 3.8) is 0 Å². The third kappa shape index (κ3) is 6.21. The number of nitrogens with one attached hydrogen (secondary N) is 2. The summed E-state index contributed by atoms with van der Waals surface area (Å²) in [6.45, 7) is 14.7. The van der Waals surface area contributed by atoms with E-state index in [4.69, 9.17) is 4.74 Å². The first kappa shape index (κ1) is 22.2. The summed E-state index contributed by atoms with van der Waals surface area (Å²) >= 11 is 0.452. The number of hydrogen-bond donors (Lipinski definition) is 2. The third-order valence-electron chi connectivity index (χ3n) is 4.21. The second kappa shape index (κ2) is 9.39. The van der Waals surface area contributed by atoms with Crippen LogP contribution in [0.4, 0.5) is 5.69 Å². The molecule has 2 rings (SSSR count). The van der Waals surface area contributed by atoms with Gasteiger partial charge in [-0.3, -0.25) is 5.32 Å². The van der Waals surface area contributed by atoms with Crippen molar-refractivity contribution in [2.24, 2.45) is 0 Å². The zero-order chi connectivity index (χ0) is 20.9. The summed E-state index contributed by atoms with van der Waals surface area (Å²) in [6, 6.07) is 13.9. The maximum atomic E-state index is 11.7. The number of para-hydroxylation sites is 1.